The van der Waals surface area contributed by atoms with E-state index in [9.17, 15) is 10.1 Å². The minimum atomic E-state index is -0.878. The van der Waals surface area contributed by atoms with Crippen LogP contribution in [0.1, 0.15) is 17.2 Å². The minimum absolute atomic E-state index is 0.257. The van der Waals surface area contributed by atoms with Crippen LogP contribution < -0.4 is 5.32 Å². The SMILES string of the molecule is Cn1cc(/C=C\C(=O)N[C@H](C#N)c2cccc(Cl)c2Cl)cn1. The molecule has 0 unspecified atom stereocenters. The number of nitrogens with one attached hydrogen (secondary N) is 1. The first-order valence-electron chi connectivity index (χ1n) is 6.32. The Hall–Kier alpha value is -2.29. The molecule has 7 heteroatoms. The van der Waals surface area contributed by atoms with Crippen molar-refractivity contribution in [3.63, 3.8) is 0 Å². The van der Waals surface area contributed by atoms with E-state index >= 15 is 0 Å². The van der Waals surface area contributed by atoms with Gasteiger partial charge in [-0.2, -0.15) is 10.4 Å². The number of aromatic nitrogens is 2. The lowest BCUT2D eigenvalue weighted by molar-refractivity contribution is -0.116. The van der Waals surface area contributed by atoms with E-state index in [1.165, 1.54) is 6.08 Å². The van der Waals surface area contributed by atoms with Crippen molar-refractivity contribution in [2.24, 2.45) is 7.05 Å². The number of halogens is 2. The zero-order valence-corrected chi connectivity index (χ0v) is 13.1. The van der Waals surface area contributed by atoms with Crippen molar-refractivity contribution in [3.8, 4) is 6.07 Å². The van der Waals surface area contributed by atoms with E-state index < -0.39 is 11.9 Å². The number of nitrogens with zero attached hydrogens (tertiary/aromatic N) is 3. The van der Waals surface area contributed by atoms with Crippen LogP contribution in [-0.2, 0) is 11.8 Å². The van der Waals surface area contributed by atoms with Crippen LogP contribution in [-0.4, -0.2) is 15.7 Å². The molecule has 1 atom stereocenters. The zero-order valence-electron chi connectivity index (χ0n) is 11.6. The Bertz CT molecular complexity index is 761. The summed E-state index contributed by atoms with van der Waals surface area (Å²) in [4.78, 5) is 11.9. The van der Waals surface area contributed by atoms with Gasteiger partial charge in [-0.3, -0.25) is 9.48 Å². The van der Waals surface area contributed by atoms with Gasteiger partial charge >= 0.3 is 0 Å². The zero-order chi connectivity index (χ0) is 16.1. The molecule has 2 rings (SSSR count). The Morgan fingerprint density at radius 2 is 2.27 bits per heavy atom. The van der Waals surface area contributed by atoms with Crippen molar-refractivity contribution >= 4 is 35.2 Å². The van der Waals surface area contributed by atoms with E-state index in [1.807, 2.05) is 6.07 Å². The predicted octanol–water partition coefficient (Wildman–Crippen LogP) is 3.12. The summed E-state index contributed by atoms with van der Waals surface area (Å²) in [5.41, 5.74) is 1.24. The molecule has 0 aliphatic carbocycles. The number of benzene rings is 1. The first-order valence-corrected chi connectivity index (χ1v) is 7.07. The molecule has 0 aliphatic heterocycles. The van der Waals surface area contributed by atoms with Gasteiger partial charge in [-0.05, 0) is 12.1 Å². The fourth-order valence-electron chi connectivity index (χ4n) is 1.81. The molecule has 22 heavy (non-hydrogen) atoms. The Labute approximate surface area is 137 Å². The summed E-state index contributed by atoms with van der Waals surface area (Å²) >= 11 is 12.0. The van der Waals surface area contributed by atoms with E-state index in [2.05, 4.69) is 10.4 Å². The van der Waals surface area contributed by atoms with Crippen LogP contribution in [0.25, 0.3) is 6.08 Å². The van der Waals surface area contributed by atoms with Crippen molar-refractivity contribution in [1.82, 2.24) is 15.1 Å². The standard InChI is InChI=1S/C15H12Cl2N4O/c1-21-9-10(8-19-21)5-6-14(22)20-13(7-18)11-3-2-4-12(16)15(11)17/h2-6,8-9,13H,1H3,(H,20,22)/b6-5-/t13-/m1/s1. The maximum atomic E-state index is 11.9. The van der Waals surface area contributed by atoms with E-state index in [4.69, 9.17) is 23.2 Å². The maximum Gasteiger partial charge on any atom is 0.245 e. The number of aryl methyl sites for hydroxylation is 1. The monoisotopic (exact) mass is 334 g/mol. The second kappa shape index (κ2) is 7.12. The first kappa shape index (κ1) is 16.1. The summed E-state index contributed by atoms with van der Waals surface area (Å²) in [6.45, 7) is 0. The van der Waals surface area contributed by atoms with Gasteiger partial charge in [0.2, 0.25) is 5.91 Å². The van der Waals surface area contributed by atoms with Crippen LogP contribution in [0.4, 0.5) is 0 Å². The highest BCUT2D eigenvalue weighted by molar-refractivity contribution is 6.42. The number of hydrogen-bond donors (Lipinski definition) is 1. The molecule has 0 radical (unpaired) electrons. The molecule has 0 bridgehead atoms. The molecule has 1 heterocycles. The predicted molar refractivity (Wildman–Crippen MR) is 85.2 cm³/mol. The summed E-state index contributed by atoms with van der Waals surface area (Å²) < 4.78 is 1.63. The van der Waals surface area contributed by atoms with Crippen LogP contribution in [0.2, 0.25) is 10.0 Å². The Kier molecular flexibility index (Phi) is 5.21. The lowest BCUT2D eigenvalue weighted by Gasteiger charge is -2.12. The average Bonchev–Trinajstić information content (AvgIpc) is 2.91. The fraction of sp³-hybridized carbons (Fsp3) is 0.133. The molecule has 1 N–H and O–H groups in total. The van der Waals surface area contributed by atoms with E-state index in [0.717, 1.165) is 5.56 Å². The number of carbonyl (C=O) groups is 1. The fourth-order valence-corrected chi connectivity index (χ4v) is 2.23. The second-order valence-corrected chi connectivity index (χ2v) is 5.28. The van der Waals surface area contributed by atoms with Gasteiger partial charge in [0.05, 0.1) is 22.3 Å². The average molecular weight is 335 g/mol. The molecule has 1 amide bonds. The molecule has 112 valence electrons. The third-order valence-corrected chi connectivity index (χ3v) is 3.69. The lowest BCUT2D eigenvalue weighted by Crippen LogP contribution is -2.26. The van der Waals surface area contributed by atoms with E-state index in [-0.39, 0.29) is 5.02 Å². The molecule has 1 aromatic heterocycles. The van der Waals surface area contributed by atoms with Crippen molar-refractivity contribution in [1.29, 1.82) is 5.26 Å². The van der Waals surface area contributed by atoms with Gasteiger partial charge in [0, 0.05) is 30.4 Å². The number of hydrogen-bond acceptors (Lipinski definition) is 3. The molecule has 0 saturated heterocycles. The molecule has 1 aromatic carbocycles. The molecule has 0 aliphatic rings. The molecular formula is C15H12Cl2N4O. The first-order chi connectivity index (χ1) is 10.5. The summed E-state index contributed by atoms with van der Waals surface area (Å²) in [5, 5.41) is 16.4. The molecule has 0 saturated carbocycles. The lowest BCUT2D eigenvalue weighted by atomic mass is 10.1. The molecule has 5 nitrogen and oxygen atoms in total. The minimum Gasteiger partial charge on any atom is -0.333 e. The summed E-state index contributed by atoms with van der Waals surface area (Å²) in [6.07, 6.45) is 6.33. The molecular weight excluding hydrogens is 323 g/mol. The van der Waals surface area contributed by atoms with Gasteiger partial charge in [-0.15, -0.1) is 0 Å². The molecule has 0 spiro atoms. The van der Waals surface area contributed by atoms with E-state index in [0.29, 0.717) is 10.6 Å². The van der Waals surface area contributed by atoms with Crippen molar-refractivity contribution < 1.29 is 4.79 Å². The Morgan fingerprint density at radius 1 is 1.50 bits per heavy atom. The number of carbonyl (C=O) groups excluding carboxylic acids is 1. The topological polar surface area (TPSA) is 70.7 Å². The third kappa shape index (κ3) is 3.88. The maximum absolute atomic E-state index is 11.9. The van der Waals surface area contributed by atoms with Crippen LogP contribution in [0.15, 0.2) is 36.7 Å². The number of rotatable bonds is 4. The molecule has 2 aromatic rings. The van der Waals surface area contributed by atoms with Gasteiger partial charge in [-0.1, -0.05) is 35.3 Å². The Balaban J connectivity index is 2.10. The van der Waals surface area contributed by atoms with Crippen LogP contribution >= 0.6 is 23.2 Å². The van der Waals surface area contributed by atoms with Gasteiger partial charge in [0.1, 0.15) is 6.04 Å². The van der Waals surface area contributed by atoms with Crippen molar-refractivity contribution in [2.75, 3.05) is 0 Å². The summed E-state index contributed by atoms with van der Waals surface area (Å²) in [5.74, 6) is -0.411. The van der Waals surface area contributed by atoms with Gasteiger partial charge in [0.25, 0.3) is 0 Å². The smallest absolute Gasteiger partial charge is 0.245 e. The Morgan fingerprint density at radius 3 is 2.91 bits per heavy atom. The summed E-state index contributed by atoms with van der Waals surface area (Å²) in [7, 11) is 1.78. The van der Waals surface area contributed by atoms with Crippen molar-refractivity contribution in [2.45, 2.75) is 6.04 Å². The van der Waals surface area contributed by atoms with Crippen molar-refractivity contribution in [3.05, 3.63) is 57.8 Å². The second-order valence-electron chi connectivity index (χ2n) is 4.49. The van der Waals surface area contributed by atoms with Crippen LogP contribution in [0.3, 0.4) is 0 Å². The highest BCUT2D eigenvalue weighted by Crippen LogP contribution is 2.29. The highest BCUT2D eigenvalue weighted by atomic mass is 35.5. The highest BCUT2D eigenvalue weighted by Gasteiger charge is 2.17. The van der Waals surface area contributed by atoms with Gasteiger partial charge in [0.15, 0.2) is 0 Å². The van der Waals surface area contributed by atoms with Gasteiger partial charge < -0.3 is 5.32 Å². The third-order valence-electron chi connectivity index (χ3n) is 2.86. The summed E-state index contributed by atoms with van der Waals surface area (Å²) in [6, 6.07) is 6.05. The number of amides is 1. The van der Waals surface area contributed by atoms with Crippen LogP contribution in [0, 0.1) is 11.3 Å². The number of nitriles is 1. The molecule has 0 fully saturated rings. The van der Waals surface area contributed by atoms with E-state index in [1.54, 1.807) is 48.4 Å². The van der Waals surface area contributed by atoms with Crippen LogP contribution in [0.5, 0.6) is 0 Å². The normalized spacial score (nSPS) is 12.1. The largest absolute Gasteiger partial charge is 0.333 e. The quantitative estimate of drug-likeness (QED) is 0.873. The van der Waals surface area contributed by atoms with Gasteiger partial charge in [-0.25, -0.2) is 0 Å².